The van der Waals surface area contributed by atoms with E-state index in [0.717, 1.165) is 12.8 Å². The largest absolute Gasteiger partial charge is 0.468 e. The molecule has 4 heteroatoms. The first-order valence-electron chi connectivity index (χ1n) is 4.49. The molecule has 1 fully saturated rings. The highest BCUT2D eigenvalue weighted by Crippen LogP contribution is 2.36. The molecule has 0 aromatic heterocycles. The number of rotatable bonds is 4. The molecule has 1 amide bonds. The number of ether oxygens (including phenoxy) is 1. The van der Waals surface area contributed by atoms with Crippen LogP contribution in [0.1, 0.15) is 19.8 Å². The number of carbonyl (C=O) groups is 2. The summed E-state index contributed by atoms with van der Waals surface area (Å²) < 4.78 is 4.40. The number of carbonyl (C=O) groups excluding carboxylic acids is 2. The zero-order chi connectivity index (χ0) is 9.84. The fraction of sp³-hybridized carbons (Fsp3) is 0.778. The lowest BCUT2D eigenvalue weighted by Gasteiger charge is -2.09. The van der Waals surface area contributed by atoms with Gasteiger partial charge in [0, 0.05) is 5.92 Å². The van der Waals surface area contributed by atoms with Crippen molar-refractivity contribution in [1.29, 1.82) is 0 Å². The van der Waals surface area contributed by atoms with E-state index in [-0.39, 0.29) is 18.4 Å². The van der Waals surface area contributed by atoms with Crippen LogP contribution in [0.4, 0.5) is 0 Å². The Kier molecular flexibility index (Phi) is 3.28. The standard InChI is InChI=1S/C9H15NO3/c1-6(7-3-4-7)9(12)10-5-8(11)13-2/h6-7H,3-5H2,1-2H3,(H,10,12)/t6-/m1/s1. The summed E-state index contributed by atoms with van der Waals surface area (Å²) in [4.78, 5) is 22.0. The van der Waals surface area contributed by atoms with Crippen molar-refractivity contribution in [2.45, 2.75) is 19.8 Å². The van der Waals surface area contributed by atoms with Gasteiger partial charge in [0.15, 0.2) is 0 Å². The number of esters is 1. The Bertz CT molecular complexity index is 211. The average molecular weight is 185 g/mol. The highest BCUT2D eigenvalue weighted by Gasteiger charge is 2.32. The summed E-state index contributed by atoms with van der Waals surface area (Å²) in [5.41, 5.74) is 0. The zero-order valence-corrected chi connectivity index (χ0v) is 8.00. The number of methoxy groups -OCH3 is 1. The Morgan fingerprint density at radius 1 is 1.54 bits per heavy atom. The van der Waals surface area contributed by atoms with Gasteiger partial charge in [0.05, 0.1) is 7.11 Å². The molecule has 1 N–H and O–H groups in total. The second-order valence-corrected chi connectivity index (χ2v) is 3.42. The average Bonchev–Trinajstić information content (AvgIpc) is 2.95. The molecule has 0 aliphatic heterocycles. The smallest absolute Gasteiger partial charge is 0.325 e. The van der Waals surface area contributed by atoms with E-state index in [2.05, 4.69) is 10.1 Å². The highest BCUT2D eigenvalue weighted by molar-refractivity contribution is 5.83. The van der Waals surface area contributed by atoms with Gasteiger partial charge < -0.3 is 10.1 Å². The number of amides is 1. The quantitative estimate of drug-likeness (QED) is 0.642. The molecule has 4 nitrogen and oxygen atoms in total. The molecule has 0 heterocycles. The van der Waals surface area contributed by atoms with Gasteiger partial charge in [0.25, 0.3) is 0 Å². The third-order valence-corrected chi connectivity index (χ3v) is 2.38. The summed E-state index contributed by atoms with van der Waals surface area (Å²) in [5, 5.41) is 2.54. The monoisotopic (exact) mass is 185 g/mol. The van der Waals surface area contributed by atoms with Crippen LogP contribution in [0, 0.1) is 11.8 Å². The molecule has 0 unspecified atom stereocenters. The summed E-state index contributed by atoms with van der Waals surface area (Å²) >= 11 is 0. The molecule has 13 heavy (non-hydrogen) atoms. The molecule has 74 valence electrons. The molecule has 0 aromatic rings. The fourth-order valence-electron chi connectivity index (χ4n) is 1.20. The molecular formula is C9H15NO3. The van der Waals surface area contributed by atoms with Crippen molar-refractivity contribution in [2.24, 2.45) is 11.8 Å². The van der Waals surface area contributed by atoms with Gasteiger partial charge in [-0.2, -0.15) is 0 Å². The van der Waals surface area contributed by atoms with E-state index in [1.165, 1.54) is 7.11 Å². The summed E-state index contributed by atoms with van der Waals surface area (Å²) in [6.45, 7) is 1.87. The van der Waals surface area contributed by atoms with Crippen LogP contribution in [0.25, 0.3) is 0 Å². The highest BCUT2D eigenvalue weighted by atomic mass is 16.5. The van der Waals surface area contributed by atoms with Crippen molar-refractivity contribution >= 4 is 11.9 Å². The molecule has 1 atom stereocenters. The maximum Gasteiger partial charge on any atom is 0.325 e. The fourth-order valence-corrected chi connectivity index (χ4v) is 1.20. The van der Waals surface area contributed by atoms with E-state index < -0.39 is 5.97 Å². The first-order valence-corrected chi connectivity index (χ1v) is 4.49. The lowest BCUT2D eigenvalue weighted by Crippen LogP contribution is -2.34. The predicted octanol–water partition coefficient (Wildman–Crippen LogP) is 0.322. The first kappa shape index (κ1) is 10.0. The van der Waals surface area contributed by atoms with Crippen molar-refractivity contribution < 1.29 is 14.3 Å². The molecule has 1 aliphatic carbocycles. The Morgan fingerprint density at radius 2 is 2.15 bits per heavy atom. The lowest BCUT2D eigenvalue weighted by molar-refractivity contribution is -0.141. The van der Waals surface area contributed by atoms with Crippen molar-refractivity contribution in [3.05, 3.63) is 0 Å². The van der Waals surface area contributed by atoms with Gasteiger partial charge in [-0.3, -0.25) is 9.59 Å². The SMILES string of the molecule is COC(=O)CNC(=O)[C@H](C)C1CC1. The van der Waals surface area contributed by atoms with Crippen LogP contribution in [-0.2, 0) is 14.3 Å². The van der Waals surface area contributed by atoms with Crippen LogP contribution < -0.4 is 5.32 Å². The van der Waals surface area contributed by atoms with Crippen LogP contribution >= 0.6 is 0 Å². The maximum atomic E-state index is 11.3. The first-order chi connectivity index (χ1) is 6.15. The summed E-state index contributed by atoms with van der Waals surface area (Å²) in [7, 11) is 1.30. The molecular weight excluding hydrogens is 170 g/mol. The van der Waals surface area contributed by atoms with Crippen molar-refractivity contribution in [3.63, 3.8) is 0 Å². The van der Waals surface area contributed by atoms with Gasteiger partial charge in [0.2, 0.25) is 5.91 Å². The second-order valence-electron chi connectivity index (χ2n) is 3.42. The summed E-state index contributed by atoms with van der Waals surface area (Å²) in [6, 6.07) is 0. The molecule has 1 rings (SSSR count). The van der Waals surface area contributed by atoms with Crippen LogP contribution in [-0.4, -0.2) is 25.5 Å². The summed E-state index contributed by atoms with van der Waals surface area (Å²) in [5.74, 6) is 0.103. The second kappa shape index (κ2) is 4.25. The van der Waals surface area contributed by atoms with Gasteiger partial charge in [-0.25, -0.2) is 0 Å². The Morgan fingerprint density at radius 3 is 2.62 bits per heavy atom. The number of nitrogens with one attached hydrogen (secondary N) is 1. The number of hydrogen-bond acceptors (Lipinski definition) is 3. The third-order valence-electron chi connectivity index (χ3n) is 2.38. The van der Waals surface area contributed by atoms with E-state index in [1.54, 1.807) is 0 Å². The van der Waals surface area contributed by atoms with Crippen LogP contribution in [0.15, 0.2) is 0 Å². The lowest BCUT2D eigenvalue weighted by atomic mass is 10.1. The maximum absolute atomic E-state index is 11.3. The van der Waals surface area contributed by atoms with E-state index in [0.29, 0.717) is 5.92 Å². The van der Waals surface area contributed by atoms with Crippen LogP contribution in [0.5, 0.6) is 0 Å². The van der Waals surface area contributed by atoms with E-state index in [9.17, 15) is 9.59 Å². The summed E-state index contributed by atoms with van der Waals surface area (Å²) in [6.07, 6.45) is 2.26. The van der Waals surface area contributed by atoms with E-state index in [4.69, 9.17) is 0 Å². The molecule has 0 saturated heterocycles. The molecule has 1 saturated carbocycles. The van der Waals surface area contributed by atoms with Crippen molar-refractivity contribution in [2.75, 3.05) is 13.7 Å². The van der Waals surface area contributed by atoms with Gasteiger partial charge in [-0.1, -0.05) is 6.92 Å². The van der Waals surface area contributed by atoms with E-state index >= 15 is 0 Å². The Hall–Kier alpha value is -1.06. The molecule has 0 spiro atoms. The zero-order valence-electron chi connectivity index (χ0n) is 8.00. The minimum Gasteiger partial charge on any atom is -0.468 e. The van der Waals surface area contributed by atoms with Gasteiger partial charge in [-0.05, 0) is 18.8 Å². The molecule has 0 aromatic carbocycles. The topological polar surface area (TPSA) is 55.4 Å². The minimum absolute atomic E-state index is 0.0214. The van der Waals surface area contributed by atoms with Gasteiger partial charge >= 0.3 is 5.97 Å². The third kappa shape index (κ3) is 3.05. The minimum atomic E-state index is -0.406. The Balaban J connectivity index is 2.20. The Labute approximate surface area is 77.6 Å². The van der Waals surface area contributed by atoms with Crippen LogP contribution in [0.3, 0.4) is 0 Å². The van der Waals surface area contributed by atoms with E-state index in [1.807, 2.05) is 6.92 Å². The number of hydrogen-bond donors (Lipinski definition) is 1. The van der Waals surface area contributed by atoms with Crippen LogP contribution in [0.2, 0.25) is 0 Å². The van der Waals surface area contributed by atoms with Crippen molar-refractivity contribution in [1.82, 2.24) is 5.32 Å². The molecule has 0 radical (unpaired) electrons. The van der Waals surface area contributed by atoms with Gasteiger partial charge in [-0.15, -0.1) is 0 Å². The normalized spacial score (nSPS) is 17.7. The van der Waals surface area contributed by atoms with Gasteiger partial charge in [0.1, 0.15) is 6.54 Å². The molecule has 1 aliphatic rings. The molecule has 0 bridgehead atoms. The predicted molar refractivity (Wildman–Crippen MR) is 46.9 cm³/mol. The van der Waals surface area contributed by atoms with Crippen molar-refractivity contribution in [3.8, 4) is 0 Å².